The Morgan fingerprint density at radius 3 is 2.33 bits per heavy atom. The molecule has 0 unspecified atom stereocenters. The number of nitrogens with zero attached hydrogens (tertiary/aromatic N) is 1. The van der Waals surface area contributed by atoms with Gasteiger partial charge in [-0.15, -0.1) is 0 Å². The Morgan fingerprint density at radius 1 is 1.04 bits per heavy atom. The maximum absolute atomic E-state index is 11.7. The van der Waals surface area contributed by atoms with Crippen molar-refractivity contribution in [2.24, 2.45) is 0 Å². The highest BCUT2D eigenvalue weighted by Gasteiger charge is 2.10. The van der Waals surface area contributed by atoms with Crippen molar-refractivity contribution in [3.05, 3.63) is 44.4 Å². The van der Waals surface area contributed by atoms with E-state index in [0.29, 0.717) is 11.4 Å². The summed E-state index contributed by atoms with van der Waals surface area (Å²) in [5.74, 6) is 0.812. The molecule has 2 aromatic heterocycles. The molecule has 4 N–H and O–H groups in total. The number of rotatable bonds is 4. The minimum atomic E-state index is -0.623. The molecule has 0 aliphatic rings. The number of methoxy groups -OCH3 is 2. The Hall–Kier alpha value is -3.49. The molecule has 1 aromatic carbocycles. The number of aromatic hydroxyl groups is 1. The lowest BCUT2D eigenvalue weighted by Gasteiger charge is -2.09. The minimum Gasteiger partial charge on any atom is -0.502 e. The molecule has 9 nitrogen and oxygen atoms in total. The predicted molar refractivity (Wildman–Crippen MR) is 87.5 cm³/mol. The summed E-state index contributed by atoms with van der Waals surface area (Å²) in [4.78, 5) is 34.4. The highest BCUT2D eigenvalue weighted by atomic mass is 16.5. The van der Waals surface area contributed by atoms with E-state index >= 15 is 0 Å². The standard InChI is InChI=1S/C15H14N4O5/c1-23-8-5-7(6-9(24-2)12(8)20)3-4-10-16-11-13(17-10)18-15(22)19-14(11)21/h3-6,20H,1-2H3,(H3,16,17,18,19,21,22). The van der Waals surface area contributed by atoms with E-state index in [1.807, 2.05) is 0 Å². The van der Waals surface area contributed by atoms with Crippen LogP contribution in [-0.2, 0) is 0 Å². The van der Waals surface area contributed by atoms with Gasteiger partial charge < -0.3 is 19.6 Å². The van der Waals surface area contributed by atoms with Gasteiger partial charge >= 0.3 is 5.69 Å². The summed E-state index contributed by atoms with van der Waals surface area (Å²) in [5.41, 5.74) is -0.139. The van der Waals surface area contributed by atoms with Gasteiger partial charge in [0.25, 0.3) is 5.56 Å². The lowest BCUT2D eigenvalue weighted by atomic mass is 10.1. The number of aromatic amines is 3. The monoisotopic (exact) mass is 330 g/mol. The molecule has 9 heteroatoms. The van der Waals surface area contributed by atoms with Crippen molar-refractivity contribution in [2.45, 2.75) is 0 Å². The van der Waals surface area contributed by atoms with E-state index in [4.69, 9.17) is 9.47 Å². The Kier molecular flexibility index (Phi) is 3.82. The van der Waals surface area contributed by atoms with Crippen LogP contribution in [0.3, 0.4) is 0 Å². The molecule has 0 aliphatic carbocycles. The van der Waals surface area contributed by atoms with Gasteiger partial charge in [-0.05, 0) is 23.8 Å². The van der Waals surface area contributed by atoms with Crippen molar-refractivity contribution >= 4 is 23.3 Å². The average molecular weight is 330 g/mol. The summed E-state index contributed by atoms with van der Waals surface area (Å²) in [5, 5.41) is 9.89. The van der Waals surface area contributed by atoms with E-state index in [9.17, 15) is 14.7 Å². The van der Waals surface area contributed by atoms with Crippen molar-refractivity contribution in [1.29, 1.82) is 0 Å². The van der Waals surface area contributed by atoms with E-state index in [1.54, 1.807) is 24.3 Å². The predicted octanol–water partition coefficient (Wildman–Crippen LogP) is 0.833. The van der Waals surface area contributed by atoms with Gasteiger partial charge in [0.05, 0.1) is 14.2 Å². The number of nitrogens with one attached hydrogen (secondary N) is 3. The van der Waals surface area contributed by atoms with Crippen LogP contribution in [0.5, 0.6) is 17.2 Å². The number of phenols is 1. The van der Waals surface area contributed by atoms with Crippen LogP contribution in [0.25, 0.3) is 23.3 Å². The Balaban J connectivity index is 2.01. The van der Waals surface area contributed by atoms with Crippen LogP contribution in [0.1, 0.15) is 11.4 Å². The number of imidazole rings is 1. The third-order valence-electron chi connectivity index (χ3n) is 3.34. The second kappa shape index (κ2) is 5.95. The molecule has 3 rings (SSSR count). The Bertz CT molecular complexity index is 1020. The highest BCUT2D eigenvalue weighted by Crippen LogP contribution is 2.37. The zero-order chi connectivity index (χ0) is 17.3. The molecule has 3 aromatic rings. The van der Waals surface area contributed by atoms with Gasteiger partial charge in [0.2, 0.25) is 5.75 Å². The molecule has 124 valence electrons. The topological polar surface area (TPSA) is 133 Å². The van der Waals surface area contributed by atoms with Crippen LogP contribution >= 0.6 is 0 Å². The number of aromatic nitrogens is 4. The second-order valence-electron chi connectivity index (χ2n) is 4.86. The molecule has 0 spiro atoms. The molecular weight excluding hydrogens is 316 g/mol. The second-order valence-corrected chi connectivity index (χ2v) is 4.86. The maximum atomic E-state index is 11.7. The summed E-state index contributed by atoms with van der Waals surface area (Å²) in [6.07, 6.45) is 3.30. The fourth-order valence-electron chi connectivity index (χ4n) is 2.21. The summed E-state index contributed by atoms with van der Waals surface area (Å²) in [6.45, 7) is 0. The summed E-state index contributed by atoms with van der Waals surface area (Å²) in [6, 6.07) is 3.23. The van der Waals surface area contributed by atoms with Crippen molar-refractivity contribution in [3.63, 3.8) is 0 Å². The molecule has 0 radical (unpaired) electrons. The Labute approximate surface area is 134 Å². The summed E-state index contributed by atoms with van der Waals surface area (Å²) in [7, 11) is 2.87. The molecule has 0 saturated heterocycles. The van der Waals surface area contributed by atoms with Crippen LogP contribution in [0.2, 0.25) is 0 Å². The lowest BCUT2D eigenvalue weighted by molar-refractivity contribution is 0.340. The third kappa shape index (κ3) is 2.74. The van der Waals surface area contributed by atoms with E-state index in [1.165, 1.54) is 14.2 Å². The highest BCUT2D eigenvalue weighted by molar-refractivity contribution is 5.75. The lowest BCUT2D eigenvalue weighted by Crippen LogP contribution is -2.21. The van der Waals surface area contributed by atoms with E-state index in [2.05, 4.69) is 19.9 Å². The molecule has 0 fully saturated rings. The molecule has 0 bridgehead atoms. The van der Waals surface area contributed by atoms with Gasteiger partial charge in [0, 0.05) is 0 Å². The van der Waals surface area contributed by atoms with Crippen LogP contribution in [0.15, 0.2) is 21.7 Å². The number of hydrogen-bond donors (Lipinski definition) is 4. The maximum Gasteiger partial charge on any atom is 0.327 e. The van der Waals surface area contributed by atoms with Crippen LogP contribution in [0.4, 0.5) is 0 Å². The van der Waals surface area contributed by atoms with Gasteiger partial charge in [-0.1, -0.05) is 6.08 Å². The fourth-order valence-corrected chi connectivity index (χ4v) is 2.21. The van der Waals surface area contributed by atoms with Crippen LogP contribution in [0, 0.1) is 0 Å². The third-order valence-corrected chi connectivity index (χ3v) is 3.34. The molecule has 0 saturated carbocycles. The van der Waals surface area contributed by atoms with Gasteiger partial charge in [0.1, 0.15) is 11.3 Å². The molecule has 0 aliphatic heterocycles. The quantitative estimate of drug-likeness (QED) is 0.560. The number of phenolic OH excluding ortho intramolecular Hbond substituents is 1. The minimum absolute atomic E-state index is 0.0926. The van der Waals surface area contributed by atoms with Gasteiger partial charge in [0.15, 0.2) is 17.1 Å². The first kappa shape index (κ1) is 15.4. The molecule has 0 atom stereocenters. The largest absolute Gasteiger partial charge is 0.502 e. The number of hydrogen-bond acceptors (Lipinski definition) is 6. The Morgan fingerprint density at radius 2 is 1.71 bits per heavy atom. The zero-order valence-corrected chi connectivity index (χ0v) is 12.8. The van der Waals surface area contributed by atoms with Crippen molar-refractivity contribution in [1.82, 2.24) is 19.9 Å². The smallest absolute Gasteiger partial charge is 0.327 e. The normalized spacial score (nSPS) is 11.2. The molecule has 0 amide bonds. The number of fused-ring (bicyclic) bond motifs is 1. The summed E-state index contributed by atoms with van der Waals surface area (Å²) < 4.78 is 10.2. The number of benzene rings is 1. The van der Waals surface area contributed by atoms with Crippen molar-refractivity contribution in [2.75, 3.05) is 14.2 Å². The van der Waals surface area contributed by atoms with Gasteiger partial charge in [-0.2, -0.15) is 0 Å². The fraction of sp³-hybridized carbons (Fsp3) is 0.133. The molecule has 24 heavy (non-hydrogen) atoms. The van der Waals surface area contributed by atoms with Crippen LogP contribution < -0.4 is 20.7 Å². The van der Waals surface area contributed by atoms with Crippen LogP contribution in [-0.4, -0.2) is 39.3 Å². The van der Waals surface area contributed by atoms with E-state index in [-0.39, 0.29) is 28.4 Å². The molecule has 2 heterocycles. The zero-order valence-electron chi connectivity index (χ0n) is 12.8. The number of H-pyrrole nitrogens is 3. The van der Waals surface area contributed by atoms with Gasteiger partial charge in [-0.3, -0.25) is 14.8 Å². The van der Waals surface area contributed by atoms with E-state index in [0.717, 1.165) is 0 Å². The number of ether oxygens (including phenoxy) is 2. The first-order valence-corrected chi connectivity index (χ1v) is 6.87. The first-order valence-electron chi connectivity index (χ1n) is 6.87. The average Bonchev–Trinajstić information content (AvgIpc) is 2.97. The SMILES string of the molecule is COc1cc(C=Cc2nc3[nH]c(=O)[nH]c(=O)c3[nH]2)cc(OC)c1O. The van der Waals surface area contributed by atoms with Crippen molar-refractivity contribution < 1.29 is 14.6 Å². The molecular formula is C15H14N4O5. The summed E-state index contributed by atoms with van der Waals surface area (Å²) >= 11 is 0. The van der Waals surface area contributed by atoms with Gasteiger partial charge in [-0.25, -0.2) is 9.78 Å². The van der Waals surface area contributed by atoms with E-state index < -0.39 is 11.2 Å². The van der Waals surface area contributed by atoms with Crippen molar-refractivity contribution in [3.8, 4) is 17.2 Å². The first-order chi connectivity index (χ1) is 11.5.